The van der Waals surface area contributed by atoms with E-state index >= 15 is 0 Å². The Morgan fingerprint density at radius 2 is 1.85 bits per heavy atom. The molecule has 2 heteroatoms. The van der Waals surface area contributed by atoms with E-state index < -0.39 is 0 Å². The standard InChI is InChI=1S/C18H29NO/c1-12(2)15-8-6-7-9-17(15)19-16-11-10-13(3)18(20-5)14(16)4/h10-12,15,17,19H,6-9H2,1-5H3. The summed E-state index contributed by atoms with van der Waals surface area (Å²) >= 11 is 0. The highest BCUT2D eigenvalue weighted by Gasteiger charge is 2.27. The lowest BCUT2D eigenvalue weighted by Gasteiger charge is -2.36. The van der Waals surface area contributed by atoms with Gasteiger partial charge in [0, 0.05) is 17.3 Å². The van der Waals surface area contributed by atoms with Crippen LogP contribution in [-0.2, 0) is 0 Å². The molecule has 20 heavy (non-hydrogen) atoms. The number of rotatable bonds is 4. The number of hydrogen-bond donors (Lipinski definition) is 1. The van der Waals surface area contributed by atoms with Crippen LogP contribution in [0.5, 0.6) is 5.75 Å². The summed E-state index contributed by atoms with van der Waals surface area (Å²) in [4.78, 5) is 0. The second-order valence-corrected chi connectivity index (χ2v) is 6.53. The van der Waals surface area contributed by atoms with Crippen molar-refractivity contribution in [1.29, 1.82) is 0 Å². The van der Waals surface area contributed by atoms with E-state index in [2.05, 4.69) is 45.1 Å². The van der Waals surface area contributed by atoms with Gasteiger partial charge < -0.3 is 10.1 Å². The van der Waals surface area contributed by atoms with E-state index in [1.165, 1.54) is 42.5 Å². The summed E-state index contributed by atoms with van der Waals surface area (Å²) in [6.45, 7) is 8.97. The van der Waals surface area contributed by atoms with Crippen molar-refractivity contribution in [3.63, 3.8) is 0 Å². The van der Waals surface area contributed by atoms with Crippen molar-refractivity contribution in [2.45, 2.75) is 59.4 Å². The Morgan fingerprint density at radius 1 is 1.15 bits per heavy atom. The molecule has 0 heterocycles. The maximum absolute atomic E-state index is 5.54. The smallest absolute Gasteiger partial charge is 0.126 e. The van der Waals surface area contributed by atoms with E-state index in [0.29, 0.717) is 6.04 Å². The average Bonchev–Trinajstić information content (AvgIpc) is 2.43. The van der Waals surface area contributed by atoms with Gasteiger partial charge in [-0.1, -0.05) is 32.8 Å². The Morgan fingerprint density at radius 3 is 2.50 bits per heavy atom. The van der Waals surface area contributed by atoms with Crippen LogP contribution >= 0.6 is 0 Å². The van der Waals surface area contributed by atoms with Crippen LogP contribution < -0.4 is 10.1 Å². The predicted molar refractivity (Wildman–Crippen MR) is 86.7 cm³/mol. The molecule has 1 aromatic rings. The number of ether oxygens (including phenoxy) is 1. The fourth-order valence-electron chi connectivity index (χ4n) is 3.63. The average molecular weight is 275 g/mol. The van der Waals surface area contributed by atoms with Crippen molar-refractivity contribution in [3.05, 3.63) is 23.3 Å². The van der Waals surface area contributed by atoms with E-state index in [1.807, 2.05) is 0 Å². The van der Waals surface area contributed by atoms with Crippen LogP contribution in [0.3, 0.4) is 0 Å². The van der Waals surface area contributed by atoms with Crippen LogP contribution in [0.1, 0.15) is 50.7 Å². The monoisotopic (exact) mass is 275 g/mol. The Bertz CT molecular complexity index is 453. The van der Waals surface area contributed by atoms with Crippen LogP contribution in [0, 0.1) is 25.7 Å². The Kier molecular flexibility index (Phi) is 4.95. The number of benzene rings is 1. The molecule has 2 rings (SSSR count). The van der Waals surface area contributed by atoms with Gasteiger partial charge in [-0.25, -0.2) is 0 Å². The van der Waals surface area contributed by atoms with E-state index in [-0.39, 0.29) is 0 Å². The molecule has 1 fully saturated rings. The summed E-state index contributed by atoms with van der Waals surface area (Å²) in [5.74, 6) is 2.56. The third-order valence-corrected chi connectivity index (χ3v) is 4.82. The second kappa shape index (κ2) is 6.51. The molecular formula is C18H29NO. The van der Waals surface area contributed by atoms with Crippen molar-refractivity contribution in [2.24, 2.45) is 11.8 Å². The van der Waals surface area contributed by atoms with Gasteiger partial charge in [0.25, 0.3) is 0 Å². The molecule has 2 unspecified atom stereocenters. The predicted octanol–water partition coefficient (Wildman–Crippen LogP) is 4.94. The summed E-state index contributed by atoms with van der Waals surface area (Å²) < 4.78 is 5.54. The van der Waals surface area contributed by atoms with Gasteiger partial charge in [0.05, 0.1) is 7.11 Å². The Hall–Kier alpha value is -1.18. The second-order valence-electron chi connectivity index (χ2n) is 6.53. The fraction of sp³-hybridized carbons (Fsp3) is 0.667. The third kappa shape index (κ3) is 3.11. The molecule has 0 saturated heterocycles. The van der Waals surface area contributed by atoms with Crippen molar-refractivity contribution < 1.29 is 4.74 Å². The first-order valence-electron chi connectivity index (χ1n) is 7.95. The van der Waals surface area contributed by atoms with Gasteiger partial charge in [0.2, 0.25) is 0 Å². The number of anilines is 1. The molecule has 0 amide bonds. The van der Waals surface area contributed by atoms with Crippen LogP contribution in [0.4, 0.5) is 5.69 Å². The lowest BCUT2D eigenvalue weighted by atomic mass is 9.77. The quantitative estimate of drug-likeness (QED) is 0.840. The zero-order valence-corrected chi connectivity index (χ0v) is 13.6. The van der Waals surface area contributed by atoms with Crippen molar-refractivity contribution in [2.75, 3.05) is 12.4 Å². The van der Waals surface area contributed by atoms with Crippen LogP contribution in [0.25, 0.3) is 0 Å². The minimum Gasteiger partial charge on any atom is -0.496 e. The lowest BCUT2D eigenvalue weighted by molar-refractivity contribution is 0.253. The molecule has 2 atom stereocenters. The van der Waals surface area contributed by atoms with Crippen LogP contribution in [-0.4, -0.2) is 13.2 Å². The molecule has 0 spiro atoms. The molecule has 2 nitrogen and oxygen atoms in total. The maximum atomic E-state index is 5.54. The van der Waals surface area contributed by atoms with Crippen molar-refractivity contribution in [3.8, 4) is 5.75 Å². The molecule has 1 saturated carbocycles. The van der Waals surface area contributed by atoms with Crippen LogP contribution in [0.2, 0.25) is 0 Å². The lowest BCUT2D eigenvalue weighted by Crippen LogP contribution is -2.35. The maximum Gasteiger partial charge on any atom is 0.126 e. The first-order valence-corrected chi connectivity index (χ1v) is 7.95. The summed E-state index contributed by atoms with van der Waals surface area (Å²) in [5, 5.41) is 3.80. The van der Waals surface area contributed by atoms with Crippen molar-refractivity contribution in [1.82, 2.24) is 0 Å². The summed E-state index contributed by atoms with van der Waals surface area (Å²) in [7, 11) is 1.76. The zero-order chi connectivity index (χ0) is 14.7. The van der Waals surface area contributed by atoms with Gasteiger partial charge in [-0.2, -0.15) is 0 Å². The van der Waals surface area contributed by atoms with Gasteiger partial charge in [0.15, 0.2) is 0 Å². The summed E-state index contributed by atoms with van der Waals surface area (Å²) in [6.07, 6.45) is 5.38. The highest BCUT2D eigenvalue weighted by molar-refractivity contribution is 5.60. The SMILES string of the molecule is COc1c(C)ccc(NC2CCCCC2C(C)C)c1C. The van der Waals surface area contributed by atoms with Gasteiger partial charge in [-0.05, 0) is 50.2 Å². The van der Waals surface area contributed by atoms with E-state index in [9.17, 15) is 0 Å². The summed E-state index contributed by atoms with van der Waals surface area (Å²) in [6, 6.07) is 4.97. The van der Waals surface area contributed by atoms with Crippen LogP contribution in [0.15, 0.2) is 12.1 Å². The van der Waals surface area contributed by atoms with E-state index in [1.54, 1.807) is 7.11 Å². The Labute approximate surface area is 123 Å². The third-order valence-electron chi connectivity index (χ3n) is 4.82. The van der Waals surface area contributed by atoms with Crippen molar-refractivity contribution >= 4 is 5.69 Å². The molecule has 1 N–H and O–H groups in total. The first kappa shape index (κ1) is 15.2. The fourth-order valence-corrected chi connectivity index (χ4v) is 3.63. The normalized spacial score (nSPS) is 22.9. The van der Waals surface area contributed by atoms with Gasteiger partial charge in [0.1, 0.15) is 5.75 Å². The molecule has 1 aliphatic carbocycles. The molecule has 0 aliphatic heterocycles. The van der Waals surface area contributed by atoms with E-state index in [0.717, 1.165) is 17.6 Å². The number of methoxy groups -OCH3 is 1. The molecule has 1 aromatic carbocycles. The highest BCUT2D eigenvalue weighted by Crippen LogP contribution is 2.35. The number of hydrogen-bond acceptors (Lipinski definition) is 2. The molecule has 1 aliphatic rings. The number of nitrogens with one attached hydrogen (secondary N) is 1. The summed E-state index contributed by atoms with van der Waals surface area (Å²) in [5.41, 5.74) is 3.69. The molecule has 0 radical (unpaired) electrons. The largest absolute Gasteiger partial charge is 0.496 e. The molecule has 112 valence electrons. The minimum absolute atomic E-state index is 0.606. The molecular weight excluding hydrogens is 246 g/mol. The van der Waals surface area contributed by atoms with Gasteiger partial charge in [-0.3, -0.25) is 0 Å². The molecule has 0 bridgehead atoms. The first-order chi connectivity index (χ1) is 9.54. The van der Waals surface area contributed by atoms with Gasteiger partial charge in [-0.15, -0.1) is 0 Å². The Balaban J connectivity index is 2.20. The van der Waals surface area contributed by atoms with E-state index in [4.69, 9.17) is 4.74 Å². The topological polar surface area (TPSA) is 21.3 Å². The highest BCUT2D eigenvalue weighted by atomic mass is 16.5. The molecule has 0 aromatic heterocycles. The zero-order valence-electron chi connectivity index (χ0n) is 13.6. The number of aryl methyl sites for hydroxylation is 1. The van der Waals surface area contributed by atoms with Gasteiger partial charge >= 0.3 is 0 Å². The minimum atomic E-state index is 0.606.